The molecule has 2 rings (SSSR count). The molecule has 0 radical (unpaired) electrons. The van der Waals surface area contributed by atoms with Gasteiger partial charge in [-0.1, -0.05) is 23.4 Å². The van der Waals surface area contributed by atoms with Gasteiger partial charge in [0, 0.05) is 32.5 Å². The fourth-order valence-electron chi connectivity index (χ4n) is 2.47. The third-order valence-corrected chi connectivity index (χ3v) is 7.16. The van der Waals surface area contributed by atoms with E-state index in [2.05, 4.69) is 4.98 Å². The molecular formula is C20H20ClF3N2O3S2. The molecule has 1 aromatic heterocycles. The van der Waals surface area contributed by atoms with Gasteiger partial charge in [0.25, 0.3) is 0 Å². The Hall–Kier alpha value is -1.91. The van der Waals surface area contributed by atoms with Gasteiger partial charge in [0.05, 0.1) is 33.6 Å². The normalized spacial score (nSPS) is 13.0. The average molecular weight is 493 g/mol. The molecule has 0 aliphatic rings. The van der Waals surface area contributed by atoms with Crippen molar-refractivity contribution in [3.05, 3.63) is 52.3 Å². The van der Waals surface area contributed by atoms with Crippen molar-refractivity contribution in [1.82, 2.24) is 4.98 Å². The molecule has 0 fully saturated rings. The smallest absolute Gasteiger partial charge is 0.417 e. The largest absolute Gasteiger partial charge is 0.462 e. The van der Waals surface area contributed by atoms with Gasteiger partial charge in [-0.15, -0.1) is 0 Å². The summed E-state index contributed by atoms with van der Waals surface area (Å²) in [6.07, 6.45) is -2.17. The summed E-state index contributed by atoms with van der Waals surface area (Å²) in [6.45, 7) is 6.40. The molecule has 168 valence electrons. The van der Waals surface area contributed by atoms with Gasteiger partial charge >= 0.3 is 12.1 Å². The number of pyridine rings is 1. The Morgan fingerprint density at radius 3 is 2.45 bits per heavy atom. The van der Waals surface area contributed by atoms with Gasteiger partial charge in [-0.3, -0.25) is 14.6 Å². The molecule has 1 atom stereocenters. The van der Waals surface area contributed by atoms with Crippen LogP contribution in [-0.2, 0) is 21.7 Å². The molecule has 11 heteroatoms. The number of carbonyl (C=O) groups is 1. The van der Waals surface area contributed by atoms with Gasteiger partial charge < -0.3 is 4.74 Å². The molecular weight excluding hydrogens is 473 g/mol. The zero-order valence-electron chi connectivity index (χ0n) is 17.1. The Morgan fingerprint density at radius 2 is 1.90 bits per heavy atom. The number of rotatable bonds is 5. The van der Waals surface area contributed by atoms with Crippen molar-refractivity contribution in [3.63, 3.8) is 0 Å². The summed E-state index contributed by atoms with van der Waals surface area (Å²) in [4.78, 5) is 16.2. The Labute approximate surface area is 189 Å². The van der Waals surface area contributed by atoms with Crippen LogP contribution in [0.5, 0.6) is 0 Å². The van der Waals surface area contributed by atoms with E-state index in [-0.39, 0.29) is 27.0 Å². The number of esters is 1. The Morgan fingerprint density at radius 1 is 1.26 bits per heavy atom. The molecule has 0 saturated heterocycles. The lowest BCUT2D eigenvalue weighted by Gasteiger charge is -2.23. The minimum atomic E-state index is -4.82. The number of hydrogen-bond donors (Lipinski definition) is 1. The number of nitrogens with one attached hydrogen (secondary N) is 1. The van der Waals surface area contributed by atoms with Crippen molar-refractivity contribution in [3.8, 4) is 0 Å². The van der Waals surface area contributed by atoms with Crippen LogP contribution in [0.3, 0.4) is 0 Å². The van der Waals surface area contributed by atoms with Gasteiger partial charge in [0.2, 0.25) is 0 Å². The van der Waals surface area contributed by atoms with E-state index in [0.717, 1.165) is 23.9 Å². The summed E-state index contributed by atoms with van der Waals surface area (Å²) in [5, 5.41) is 7.56. The number of aromatic nitrogens is 1. The molecule has 1 aromatic carbocycles. The predicted molar refractivity (Wildman–Crippen MR) is 115 cm³/mol. The number of carbonyl (C=O) groups excluding carboxylic acids is 1. The fraction of sp³-hybridized carbons (Fsp3) is 0.350. The maximum atomic E-state index is 13.8. The lowest BCUT2D eigenvalue weighted by molar-refractivity contribution is -0.137. The molecule has 1 heterocycles. The van der Waals surface area contributed by atoms with Crippen molar-refractivity contribution in [2.45, 2.75) is 48.4 Å². The summed E-state index contributed by atoms with van der Waals surface area (Å²) in [7, 11) is -2.07. The minimum absolute atomic E-state index is 0.0812. The monoisotopic (exact) mass is 492 g/mol. The highest BCUT2D eigenvalue weighted by Gasteiger charge is 2.39. The summed E-state index contributed by atoms with van der Waals surface area (Å²) in [5.74, 6) is -0.676. The van der Waals surface area contributed by atoms with Crippen LogP contribution in [0.4, 0.5) is 13.2 Å². The van der Waals surface area contributed by atoms with E-state index in [1.165, 1.54) is 18.5 Å². The highest BCUT2D eigenvalue weighted by atomic mass is 35.5. The summed E-state index contributed by atoms with van der Waals surface area (Å²) in [6, 6.07) is 3.19. The number of benzene rings is 1. The van der Waals surface area contributed by atoms with Crippen LogP contribution in [0.25, 0.3) is 0 Å². The molecule has 0 bridgehead atoms. The summed E-state index contributed by atoms with van der Waals surface area (Å²) in [5.41, 5.74) is -1.63. The zero-order chi connectivity index (χ0) is 23.6. The van der Waals surface area contributed by atoms with Crippen molar-refractivity contribution in [2.75, 3.05) is 6.61 Å². The molecule has 0 amide bonds. The van der Waals surface area contributed by atoms with Crippen LogP contribution in [0.2, 0.25) is 5.02 Å². The molecule has 0 aliphatic heterocycles. The maximum absolute atomic E-state index is 13.8. The molecule has 0 aliphatic carbocycles. The van der Waals surface area contributed by atoms with Crippen LogP contribution < -0.4 is 0 Å². The number of nitrogens with zero attached hydrogens (tertiary/aromatic N) is 1. The lowest BCUT2D eigenvalue weighted by atomic mass is 10.1. The second-order valence-corrected chi connectivity index (χ2v) is 10.8. The van der Waals surface area contributed by atoms with E-state index in [9.17, 15) is 22.2 Å². The number of ether oxygens (including phenoxy) is 1. The first-order valence-electron chi connectivity index (χ1n) is 8.98. The van der Waals surface area contributed by atoms with E-state index in [1.54, 1.807) is 27.7 Å². The SMILES string of the molecule is CCOC(=O)c1ccncc1Sc1c(Cl)ccc(C(F)(F)F)c1C(=N)S(=O)C(C)(C)C. The first-order chi connectivity index (χ1) is 14.3. The summed E-state index contributed by atoms with van der Waals surface area (Å²) < 4.78 is 58.2. The van der Waals surface area contributed by atoms with Crippen molar-refractivity contribution in [2.24, 2.45) is 0 Å². The second-order valence-electron chi connectivity index (χ2n) is 7.20. The zero-order valence-corrected chi connectivity index (χ0v) is 19.5. The third kappa shape index (κ3) is 5.87. The molecule has 5 nitrogen and oxygen atoms in total. The number of halogens is 4. The topological polar surface area (TPSA) is 80.1 Å². The Bertz CT molecular complexity index is 1040. The van der Waals surface area contributed by atoms with Crippen LogP contribution in [-0.4, -0.2) is 31.6 Å². The van der Waals surface area contributed by atoms with Crippen LogP contribution >= 0.6 is 23.4 Å². The van der Waals surface area contributed by atoms with E-state index in [1.807, 2.05) is 0 Å². The van der Waals surface area contributed by atoms with E-state index in [0.29, 0.717) is 0 Å². The molecule has 1 N–H and O–H groups in total. The highest BCUT2D eigenvalue weighted by Crippen LogP contribution is 2.44. The summed E-state index contributed by atoms with van der Waals surface area (Å²) >= 11 is 6.97. The van der Waals surface area contributed by atoms with E-state index >= 15 is 0 Å². The third-order valence-electron chi connectivity index (χ3n) is 3.88. The lowest BCUT2D eigenvalue weighted by Crippen LogP contribution is -2.30. The highest BCUT2D eigenvalue weighted by molar-refractivity contribution is 8.02. The van der Waals surface area contributed by atoms with Gasteiger partial charge in [0.15, 0.2) is 0 Å². The standard InChI is InChI=1S/C20H20ClF3N2O3S2/c1-5-29-18(27)11-8-9-26-10-14(11)30-16-13(21)7-6-12(20(22,23)24)15(16)17(25)31(28)19(2,3)4/h6-10,25H,5H2,1-4H3. The first-order valence-corrected chi connectivity index (χ1v) is 11.3. The quantitative estimate of drug-likeness (QED) is 0.316. The van der Waals surface area contributed by atoms with Gasteiger partial charge in [-0.25, -0.2) is 4.79 Å². The number of hydrogen-bond acceptors (Lipinski definition) is 6. The second kappa shape index (κ2) is 9.70. The van der Waals surface area contributed by atoms with Crippen LogP contribution in [0, 0.1) is 5.41 Å². The number of alkyl halides is 3. The van der Waals surface area contributed by atoms with Crippen molar-refractivity contribution >= 4 is 45.2 Å². The van der Waals surface area contributed by atoms with E-state index < -0.39 is 43.9 Å². The molecule has 0 spiro atoms. The first kappa shape index (κ1) is 25.4. The fourth-order valence-corrected chi connectivity index (χ4v) is 4.89. The average Bonchev–Trinajstić information content (AvgIpc) is 2.67. The Kier molecular flexibility index (Phi) is 7.94. The molecule has 1 unspecified atom stereocenters. The van der Waals surface area contributed by atoms with Crippen molar-refractivity contribution in [1.29, 1.82) is 5.41 Å². The predicted octanol–water partition coefficient (Wildman–Crippen LogP) is 5.95. The van der Waals surface area contributed by atoms with Crippen LogP contribution in [0.1, 0.15) is 49.2 Å². The maximum Gasteiger partial charge on any atom is 0.417 e. The van der Waals surface area contributed by atoms with Crippen molar-refractivity contribution < 1.29 is 26.9 Å². The molecule has 0 saturated carbocycles. The molecule has 2 aromatic rings. The Balaban J connectivity index is 2.74. The molecule has 31 heavy (non-hydrogen) atoms. The van der Waals surface area contributed by atoms with E-state index in [4.69, 9.17) is 21.7 Å². The van der Waals surface area contributed by atoms with Gasteiger partial charge in [-0.05, 0) is 45.9 Å². The van der Waals surface area contributed by atoms with Crippen LogP contribution in [0.15, 0.2) is 40.4 Å². The minimum Gasteiger partial charge on any atom is -0.462 e. The van der Waals surface area contributed by atoms with Gasteiger partial charge in [-0.2, -0.15) is 13.2 Å². The van der Waals surface area contributed by atoms with Gasteiger partial charge in [0.1, 0.15) is 5.04 Å².